The van der Waals surface area contributed by atoms with E-state index in [1.807, 2.05) is 6.07 Å². The first-order chi connectivity index (χ1) is 19.0. The number of halogens is 4. The van der Waals surface area contributed by atoms with E-state index in [1.165, 1.54) is 48.1 Å². The van der Waals surface area contributed by atoms with Crippen molar-refractivity contribution in [2.45, 2.75) is 11.1 Å². The summed E-state index contributed by atoms with van der Waals surface area (Å²) in [6.07, 6.45) is -2.94. The maximum atomic E-state index is 13.3. The molecule has 1 N–H and O–H groups in total. The molecule has 0 aliphatic heterocycles. The highest BCUT2D eigenvalue weighted by Crippen LogP contribution is 2.31. The molecule has 0 saturated heterocycles. The quantitative estimate of drug-likeness (QED) is 0.263. The van der Waals surface area contributed by atoms with Crippen molar-refractivity contribution in [1.82, 2.24) is 13.9 Å². The number of imidazole rings is 1. The highest BCUT2D eigenvalue weighted by atomic mass is 35.5. The number of carbonyl (C=O) groups excluding carboxylic acids is 1. The van der Waals surface area contributed by atoms with Gasteiger partial charge in [-0.1, -0.05) is 41.9 Å². The number of rotatable bonds is 10. The second kappa shape index (κ2) is 12.2. The zero-order valence-corrected chi connectivity index (χ0v) is 22.7. The van der Waals surface area contributed by atoms with E-state index in [2.05, 4.69) is 10.3 Å². The minimum absolute atomic E-state index is 0.000746. The number of hydrogen-bond acceptors (Lipinski definition) is 5. The lowest BCUT2D eigenvalue weighted by atomic mass is 10.2. The number of ether oxygens (including phenoxy) is 1. The van der Waals surface area contributed by atoms with E-state index in [9.17, 15) is 26.4 Å². The van der Waals surface area contributed by atoms with Crippen LogP contribution in [0.1, 0.15) is 5.56 Å². The number of alkyl halides is 3. The molecule has 4 aromatic rings. The van der Waals surface area contributed by atoms with E-state index in [-0.39, 0.29) is 24.0 Å². The van der Waals surface area contributed by atoms with Crippen molar-refractivity contribution >= 4 is 33.5 Å². The molecule has 0 saturated carbocycles. The first kappa shape index (κ1) is 29.3. The number of sulfonamides is 1. The van der Waals surface area contributed by atoms with Crippen LogP contribution in [0.15, 0.2) is 90.0 Å². The summed E-state index contributed by atoms with van der Waals surface area (Å²) in [4.78, 5) is 17.6. The maximum absolute atomic E-state index is 13.3. The van der Waals surface area contributed by atoms with Crippen LogP contribution in [0.4, 0.5) is 19.1 Å². The highest BCUT2D eigenvalue weighted by Gasteiger charge is 2.30. The lowest BCUT2D eigenvalue weighted by Gasteiger charge is -2.21. The number of nitrogens with one attached hydrogen (secondary N) is 1. The minimum Gasteiger partial charge on any atom is -0.383 e. The molecule has 0 aliphatic carbocycles. The van der Waals surface area contributed by atoms with Crippen molar-refractivity contribution in [3.05, 3.63) is 95.6 Å². The first-order valence-corrected chi connectivity index (χ1v) is 13.7. The summed E-state index contributed by atoms with van der Waals surface area (Å²) >= 11 is 5.88. The van der Waals surface area contributed by atoms with Gasteiger partial charge in [0.2, 0.25) is 21.9 Å². The second-order valence-electron chi connectivity index (χ2n) is 8.56. The van der Waals surface area contributed by atoms with Crippen LogP contribution in [-0.2, 0) is 25.7 Å². The van der Waals surface area contributed by atoms with Crippen LogP contribution in [0.5, 0.6) is 0 Å². The average molecular weight is 593 g/mol. The number of carbonyl (C=O) groups is 1. The summed E-state index contributed by atoms with van der Waals surface area (Å²) < 4.78 is 73.2. The summed E-state index contributed by atoms with van der Waals surface area (Å²) in [5.41, 5.74) is 0.631. The number of methoxy groups -OCH3 is 1. The van der Waals surface area contributed by atoms with Gasteiger partial charge in [0, 0.05) is 36.1 Å². The molecule has 210 valence electrons. The Morgan fingerprint density at radius 2 is 1.68 bits per heavy atom. The molecule has 1 amide bonds. The van der Waals surface area contributed by atoms with E-state index in [4.69, 9.17) is 16.3 Å². The van der Waals surface area contributed by atoms with Crippen LogP contribution < -0.4 is 5.32 Å². The molecule has 0 radical (unpaired) electrons. The molecular formula is C27H24ClF3N4O4S. The van der Waals surface area contributed by atoms with Crippen LogP contribution in [-0.4, -0.2) is 55.0 Å². The Labute approximate surface area is 234 Å². The molecule has 4 rings (SSSR count). The van der Waals surface area contributed by atoms with Gasteiger partial charge in [-0.25, -0.2) is 13.4 Å². The molecule has 1 aromatic heterocycles. The molecule has 40 heavy (non-hydrogen) atoms. The van der Waals surface area contributed by atoms with Crippen molar-refractivity contribution in [3.8, 4) is 16.9 Å². The average Bonchev–Trinajstić information content (AvgIpc) is 3.35. The lowest BCUT2D eigenvalue weighted by molar-refractivity contribution is -0.137. The van der Waals surface area contributed by atoms with Gasteiger partial charge in [0.1, 0.15) is 0 Å². The third kappa shape index (κ3) is 6.89. The smallest absolute Gasteiger partial charge is 0.383 e. The van der Waals surface area contributed by atoms with Gasteiger partial charge in [0.25, 0.3) is 0 Å². The van der Waals surface area contributed by atoms with Gasteiger partial charge in [-0.15, -0.1) is 0 Å². The molecule has 1 heterocycles. The molecule has 0 unspecified atom stereocenters. The zero-order chi connectivity index (χ0) is 28.9. The fraction of sp³-hybridized carbons (Fsp3) is 0.185. The SMILES string of the molecule is COCCN(CC(=O)Nc1nc(-c2ccccc2)cn1-c1ccc(C(F)(F)F)cc1)S(=O)(=O)c1ccc(Cl)cc1. The summed E-state index contributed by atoms with van der Waals surface area (Å²) in [5.74, 6) is -0.716. The predicted octanol–water partition coefficient (Wildman–Crippen LogP) is 5.49. The van der Waals surface area contributed by atoms with Crippen LogP contribution in [0, 0.1) is 0 Å². The third-order valence-corrected chi connectivity index (χ3v) is 7.93. The van der Waals surface area contributed by atoms with Gasteiger partial charge >= 0.3 is 6.18 Å². The van der Waals surface area contributed by atoms with E-state index >= 15 is 0 Å². The number of amides is 1. The normalized spacial score (nSPS) is 12.1. The van der Waals surface area contributed by atoms with Crippen LogP contribution in [0.3, 0.4) is 0 Å². The molecule has 0 bridgehead atoms. The van der Waals surface area contributed by atoms with E-state index in [0.717, 1.165) is 16.4 Å². The van der Waals surface area contributed by atoms with Gasteiger partial charge in [0.05, 0.1) is 29.3 Å². The molecule has 0 aliphatic rings. The minimum atomic E-state index is -4.51. The summed E-state index contributed by atoms with van der Waals surface area (Å²) in [5, 5.41) is 2.96. The van der Waals surface area contributed by atoms with Gasteiger partial charge < -0.3 is 4.74 Å². The van der Waals surface area contributed by atoms with Crippen molar-refractivity contribution in [1.29, 1.82) is 0 Å². The van der Waals surface area contributed by atoms with E-state index < -0.39 is 34.2 Å². The predicted molar refractivity (Wildman–Crippen MR) is 145 cm³/mol. The van der Waals surface area contributed by atoms with Crippen LogP contribution in [0.25, 0.3) is 16.9 Å². The van der Waals surface area contributed by atoms with Gasteiger partial charge in [-0.3, -0.25) is 14.7 Å². The summed E-state index contributed by atoms with van der Waals surface area (Å²) in [6.45, 7) is -0.662. The number of benzene rings is 3. The zero-order valence-electron chi connectivity index (χ0n) is 21.1. The third-order valence-electron chi connectivity index (χ3n) is 5.82. The topological polar surface area (TPSA) is 93.5 Å². The van der Waals surface area contributed by atoms with Crippen molar-refractivity contribution in [2.24, 2.45) is 0 Å². The number of anilines is 1. The second-order valence-corrected chi connectivity index (χ2v) is 10.9. The van der Waals surface area contributed by atoms with Gasteiger partial charge in [0.15, 0.2) is 0 Å². The van der Waals surface area contributed by atoms with E-state index in [0.29, 0.717) is 22.0 Å². The fourth-order valence-corrected chi connectivity index (χ4v) is 5.29. The monoisotopic (exact) mass is 592 g/mol. The Balaban J connectivity index is 1.65. The molecule has 0 fully saturated rings. The molecule has 13 heteroatoms. The Morgan fingerprint density at radius 1 is 1.02 bits per heavy atom. The standard InChI is InChI=1S/C27H24ClF3N4O4S/c1-39-16-15-34(40(37,38)23-13-9-21(28)10-14-23)18-25(36)33-26-32-24(19-5-3-2-4-6-19)17-35(26)22-11-7-20(8-12-22)27(29,30)31/h2-14,17H,15-16,18H2,1H3,(H,32,33,36). The molecule has 0 spiro atoms. The Morgan fingerprint density at radius 3 is 2.27 bits per heavy atom. The lowest BCUT2D eigenvalue weighted by Crippen LogP contribution is -2.40. The van der Waals surface area contributed by atoms with Crippen LogP contribution in [0.2, 0.25) is 5.02 Å². The van der Waals surface area contributed by atoms with Gasteiger partial charge in [-0.2, -0.15) is 17.5 Å². The fourth-order valence-electron chi connectivity index (χ4n) is 3.78. The van der Waals surface area contributed by atoms with E-state index in [1.54, 1.807) is 30.5 Å². The summed E-state index contributed by atoms with van der Waals surface area (Å²) in [7, 11) is -2.69. The summed E-state index contributed by atoms with van der Waals surface area (Å²) in [6, 6.07) is 18.8. The highest BCUT2D eigenvalue weighted by molar-refractivity contribution is 7.89. The number of aromatic nitrogens is 2. The molecule has 8 nitrogen and oxygen atoms in total. The molecule has 0 atom stereocenters. The Kier molecular flexibility index (Phi) is 8.94. The van der Waals surface area contributed by atoms with Crippen molar-refractivity contribution in [3.63, 3.8) is 0 Å². The van der Waals surface area contributed by atoms with Gasteiger partial charge in [-0.05, 0) is 48.5 Å². The number of hydrogen-bond donors (Lipinski definition) is 1. The van der Waals surface area contributed by atoms with Crippen molar-refractivity contribution < 1.29 is 31.1 Å². The number of nitrogens with zero attached hydrogens (tertiary/aromatic N) is 3. The largest absolute Gasteiger partial charge is 0.416 e. The maximum Gasteiger partial charge on any atom is 0.416 e. The molecule has 3 aromatic carbocycles. The van der Waals surface area contributed by atoms with Crippen molar-refractivity contribution in [2.75, 3.05) is 32.1 Å². The Bertz CT molecular complexity index is 1560. The van der Waals surface area contributed by atoms with Crippen LogP contribution >= 0.6 is 11.6 Å². The Hall–Kier alpha value is -3.71. The molecular weight excluding hydrogens is 569 g/mol. The first-order valence-electron chi connectivity index (χ1n) is 11.9.